The molecule has 0 radical (unpaired) electrons. The zero-order valence-corrected chi connectivity index (χ0v) is 22.9. The number of carbonyl (C=O) groups excluding carboxylic acids is 1. The van der Waals surface area contributed by atoms with Gasteiger partial charge in [0.05, 0.1) is 18.6 Å². The second-order valence-electron chi connectivity index (χ2n) is 9.67. The summed E-state index contributed by atoms with van der Waals surface area (Å²) in [4.78, 5) is 13.5. The van der Waals surface area contributed by atoms with E-state index in [4.69, 9.17) is 14.2 Å². The molecular weight excluding hydrogens is 547 g/mol. The van der Waals surface area contributed by atoms with Gasteiger partial charge in [0.25, 0.3) is 0 Å². The molecule has 0 bridgehead atoms. The average molecular weight is 578 g/mol. The lowest BCUT2D eigenvalue weighted by Gasteiger charge is -2.38. The van der Waals surface area contributed by atoms with Gasteiger partial charge in [-0.05, 0) is 53.8 Å². The lowest BCUT2D eigenvalue weighted by atomic mass is 9.95. The summed E-state index contributed by atoms with van der Waals surface area (Å²) < 4.78 is 80.1. The molecule has 1 fully saturated rings. The molecule has 3 aromatic rings. The Balaban J connectivity index is 1.47. The SMILES string of the molecule is COc1ccc(CN2CCC(COc3ccc(-c4ccccc4)c(S(C)(=O)=O)c3)CC2OC(=O)C(F)(F)F)cc1. The van der Waals surface area contributed by atoms with Gasteiger partial charge in [0, 0.05) is 31.3 Å². The molecule has 214 valence electrons. The number of benzene rings is 3. The number of halogens is 3. The van der Waals surface area contributed by atoms with Crippen molar-refractivity contribution in [2.24, 2.45) is 5.92 Å². The van der Waals surface area contributed by atoms with Crippen LogP contribution in [0.5, 0.6) is 11.5 Å². The standard InChI is InChI=1S/C29H30F3NO6S/c1-37-23-10-8-20(9-11-23)18-33-15-14-21(16-27(33)39-28(34)29(30,31)32)19-38-24-12-13-25(22-6-4-3-5-7-22)26(17-24)40(2,35)36/h3-13,17,21,27H,14-16,18-19H2,1-2H3. The number of esters is 1. The van der Waals surface area contributed by atoms with Crippen LogP contribution in [0.4, 0.5) is 13.2 Å². The van der Waals surface area contributed by atoms with Gasteiger partial charge in [0.1, 0.15) is 11.5 Å². The van der Waals surface area contributed by atoms with Crippen molar-refractivity contribution < 1.29 is 40.6 Å². The molecular formula is C29H30F3NO6S. The van der Waals surface area contributed by atoms with Gasteiger partial charge in [-0.25, -0.2) is 13.2 Å². The molecule has 11 heteroatoms. The fraction of sp³-hybridized carbons (Fsp3) is 0.345. The van der Waals surface area contributed by atoms with Crippen molar-refractivity contribution in [3.05, 3.63) is 78.4 Å². The molecule has 2 atom stereocenters. The third-order valence-corrected chi connectivity index (χ3v) is 7.85. The summed E-state index contributed by atoms with van der Waals surface area (Å²) in [6, 6.07) is 21.0. The van der Waals surface area contributed by atoms with Gasteiger partial charge >= 0.3 is 12.1 Å². The first-order chi connectivity index (χ1) is 18.9. The Labute approximate surface area is 231 Å². The zero-order valence-electron chi connectivity index (χ0n) is 22.1. The Kier molecular flexibility index (Phi) is 9.05. The van der Waals surface area contributed by atoms with Crippen LogP contribution in [0.25, 0.3) is 11.1 Å². The maximum absolute atomic E-state index is 13.0. The van der Waals surface area contributed by atoms with Gasteiger partial charge in [-0.1, -0.05) is 42.5 Å². The molecule has 1 aliphatic heterocycles. The lowest BCUT2D eigenvalue weighted by Crippen LogP contribution is -2.47. The third kappa shape index (κ3) is 7.54. The monoisotopic (exact) mass is 577 g/mol. The summed E-state index contributed by atoms with van der Waals surface area (Å²) in [5.41, 5.74) is 2.12. The maximum atomic E-state index is 13.0. The van der Waals surface area contributed by atoms with Crippen LogP contribution in [0.15, 0.2) is 77.7 Å². The Morgan fingerprint density at radius 2 is 1.68 bits per heavy atom. The molecule has 0 spiro atoms. The van der Waals surface area contributed by atoms with Gasteiger partial charge in [-0.3, -0.25) is 4.90 Å². The molecule has 0 aromatic heterocycles. The van der Waals surface area contributed by atoms with E-state index in [-0.39, 0.29) is 30.4 Å². The molecule has 3 aromatic carbocycles. The van der Waals surface area contributed by atoms with Crippen LogP contribution < -0.4 is 9.47 Å². The normalized spacial score (nSPS) is 18.2. The predicted molar refractivity (Wildman–Crippen MR) is 143 cm³/mol. The van der Waals surface area contributed by atoms with Gasteiger partial charge in [0.2, 0.25) is 0 Å². The minimum absolute atomic E-state index is 0.113. The van der Waals surface area contributed by atoms with Crippen molar-refractivity contribution in [3.63, 3.8) is 0 Å². The summed E-state index contributed by atoms with van der Waals surface area (Å²) in [7, 11) is -2.05. The van der Waals surface area contributed by atoms with E-state index < -0.39 is 28.2 Å². The Hall–Kier alpha value is -3.57. The van der Waals surface area contributed by atoms with E-state index in [1.165, 1.54) is 13.2 Å². The van der Waals surface area contributed by atoms with Crippen LogP contribution in [0, 0.1) is 5.92 Å². The summed E-state index contributed by atoms with van der Waals surface area (Å²) in [5, 5.41) is 0. The summed E-state index contributed by atoms with van der Waals surface area (Å²) in [6.07, 6.45) is -4.39. The highest BCUT2D eigenvalue weighted by atomic mass is 32.2. The number of piperidine rings is 1. The van der Waals surface area contributed by atoms with Crippen molar-refractivity contribution in [1.29, 1.82) is 0 Å². The van der Waals surface area contributed by atoms with Gasteiger partial charge < -0.3 is 14.2 Å². The first-order valence-corrected chi connectivity index (χ1v) is 14.5. The van der Waals surface area contributed by atoms with Crippen LogP contribution in [-0.4, -0.2) is 58.2 Å². The van der Waals surface area contributed by atoms with E-state index >= 15 is 0 Å². The Morgan fingerprint density at radius 3 is 2.30 bits per heavy atom. The minimum atomic E-state index is -5.11. The van der Waals surface area contributed by atoms with Crippen molar-refractivity contribution >= 4 is 15.8 Å². The molecule has 1 heterocycles. The molecule has 0 saturated carbocycles. The number of rotatable bonds is 9. The molecule has 40 heavy (non-hydrogen) atoms. The number of likely N-dealkylation sites (tertiary alicyclic amines) is 1. The smallest absolute Gasteiger partial charge is 0.490 e. The lowest BCUT2D eigenvalue weighted by molar-refractivity contribution is -0.217. The number of alkyl halides is 3. The topological polar surface area (TPSA) is 82.1 Å². The first-order valence-electron chi connectivity index (χ1n) is 12.6. The predicted octanol–water partition coefficient (Wildman–Crippen LogP) is 5.49. The van der Waals surface area contributed by atoms with Gasteiger partial charge in [-0.15, -0.1) is 0 Å². The number of hydrogen-bond donors (Lipinski definition) is 0. The number of ether oxygens (including phenoxy) is 3. The van der Waals surface area contributed by atoms with Crippen molar-refractivity contribution in [2.45, 2.75) is 36.7 Å². The number of methoxy groups -OCH3 is 1. The van der Waals surface area contributed by atoms with Gasteiger partial charge in [0.15, 0.2) is 16.1 Å². The van der Waals surface area contributed by atoms with Gasteiger partial charge in [-0.2, -0.15) is 13.2 Å². The minimum Gasteiger partial charge on any atom is -0.497 e. The van der Waals surface area contributed by atoms with E-state index in [1.807, 2.05) is 30.3 Å². The molecule has 0 N–H and O–H groups in total. The highest BCUT2D eigenvalue weighted by Crippen LogP contribution is 2.33. The van der Waals surface area contributed by atoms with E-state index in [0.717, 1.165) is 17.4 Å². The van der Waals surface area contributed by atoms with E-state index in [0.29, 0.717) is 30.0 Å². The summed E-state index contributed by atoms with van der Waals surface area (Å²) in [5.74, 6) is -1.50. The molecule has 7 nitrogen and oxygen atoms in total. The number of hydrogen-bond acceptors (Lipinski definition) is 7. The van der Waals surface area contributed by atoms with Crippen LogP contribution in [0.3, 0.4) is 0 Å². The second kappa shape index (κ2) is 12.3. The average Bonchev–Trinajstić information content (AvgIpc) is 2.93. The fourth-order valence-corrected chi connectivity index (χ4v) is 5.54. The Bertz CT molecular complexity index is 1410. The molecule has 0 amide bonds. The molecule has 0 aliphatic carbocycles. The molecule has 4 rings (SSSR count). The van der Waals surface area contributed by atoms with Crippen molar-refractivity contribution in [2.75, 3.05) is 26.5 Å². The molecule has 1 aliphatic rings. The summed E-state index contributed by atoms with van der Waals surface area (Å²) in [6.45, 7) is 0.772. The van der Waals surface area contributed by atoms with E-state index in [1.54, 1.807) is 41.3 Å². The first kappa shape index (κ1) is 29.4. The van der Waals surface area contributed by atoms with E-state index in [2.05, 4.69) is 0 Å². The highest BCUT2D eigenvalue weighted by Gasteiger charge is 2.44. The number of sulfone groups is 1. The van der Waals surface area contributed by atoms with Crippen molar-refractivity contribution in [3.8, 4) is 22.6 Å². The second-order valence-corrected chi connectivity index (χ2v) is 11.7. The third-order valence-electron chi connectivity index (χ3n) is 6.71. The summed E-state index contributed by atoms with van der Waals surface area (Å²) >= 11 is 0. The Morgan fingerprint density at radius 1 is 1.00 bits per heavy atom. The van der Waals surface area contributed by atoms with Crippen LogP contribution in [0.2, 0.25) is 0 Å². The van der Waals surface area contributed by atoms with Crippen LogP contribution in [-0.2, 0) is 25.9 Å². The zero-order chi connectivity index (χ0) is 28.9. The van der Waals surface area contributed by atoms with Crippen LogP contribution in [0.1, 0.15) is 18.4 Å². The highest BCUT2D eigenvalue weighted by molar-refractivity contribution is 7.90. The van der Waals surface area contributed by atoms with E-state index in [9.17, 15) is 26.4 Å². The maximum Gasteiger partial charge on any atom is 0.490 e. The molecule has 1 saturated heterocycles. The largest absolute Gasteiger partial charge is 0.497 e. The number of carbonyl (C=O) groups is 1. The number of nitrogens with zero attached hydrogens (tertiary/aromatic N) is 1. The fourth-order valence-electron chi connectivity index (χ4n) is 4.62. The quantitative estimate of drug-likeness (QED) is 0.311. The van der Waals surface area contributed by atoms with Crippen molar-refractivity contribution in [1.82, 2.24) is 4.90 Å². The molecule has 2 unspecified atom stereocenters. The van der Waals surface area contributed by atoms with Crippen LogP contribution >= 0.6 is 0 Å².